The summed E-state index contributed by atoms with van der Waals surface area (Å²) < 4.78 is 5.77. The van der Waals surface area contributed by atoms with Gasteiger partial charge >= 0.3 is 0 Å². The number of ether oxygens (including phenoxy) is 1. The molecule has 126 valence electrons. The molecule has 0 bridgehead atoms. The zero-order chi connectivity index (χ0) is 17.1. The molecule has 2 aromatic rings. The third kappa shape index (κ3) is 4.25. The zero-order valence-electron chi connectivity index (χ0n) is 14.8. The largest absolute Gasteiger partial charge is 0.491 e. The lowest BCUT2D eigenvalue weighted by atomic mass is 10.0. The van der Waals surface area contributed by atoms with Gasteiger partial charge in [-0.3, -0.25) is 4.79 Å². The summed E-state index contributed by atoms with van der Waals surface area (Å²) in [6, 6.07) is 17.0. The maximum absolute atomic E-state index is 11.3. The predicted octanol–water partition coefficient (Wildman–Crippen LogP) is 5.30. The number of hydrogen-bond donors (Lipinski definition) is 0. The van der Waals surface area contributed by atoms with Gasteiger partial charge in [-0.1, -0.05) is 36.4 Å². The topological polar surface area (TPSA) is 26.3 Å². The number of hydrogen-bond acceptors (Lipinski definition) is 2. The summed E-state index contributed by atoms with van der Waals surface area (Å²) in [6.45, 7) is 5.80. The van der Waals surface area contributed by atoms with Crippen molar-refractivity contribution >= 4 is 5.78 Å². The van der Waals surface area contributed by atoms with Gasteiger partial charge in [-0.05, 0) is 74.8 Å². The molecule has 0 amide bonds. The third-order valence-electron chi connectivity index (χ3n) is 4.74. The van der Waals surface area contributed by atoms with E-state index in [0.29, 0.717) is 17.6 Å². The molecule has 1 fully saturated rings. The molecule has 1 saturated carbocycles. The quantitative estimate of drug-likeness (QED) is 0.691. The van der Waals surface area contributed by atoms with Crippen LogP contribution in [0.1, 0.15) is 39.2 Å². The summed E-state index contributed by atoms with van der Waals surface area (Å²) in [5.41, 5.74) is 3.74. The van der Waals surface area contributed by atoms with Crippen LogP contribution < -0.4 is 4.74 Å². The second-order valence-electron chi connectivity index (χ2n) is 7.14. The van der Waals surface area contributed by atoms with Crippen LogP contribution in [0.4, 0.5) is 0 Å². The molecule has 24 heavy (non-hydrogen) atoms. The maximum Gasteiger partial charge on any atom is 0.133 e. The lowest BCUT2D eigenvalue weighted by Crippen LogP contribution is -2.05. The van der Waals surface area contributed by atoms with Crippen LogP contribution in [0.5, 0.6) is 5.75 Å². The standard InChI is InChI=1S/C22H26O2/c1-15(2)24-21-6-4-5-19(13-21)18-10-7-17(8-11-18)9-12-20-14-22(20)16(3)23/h4-8,10-11,13,15,20,22H,9,12,14H2,1-3H3. The highest BCUT2D eigenvalue weighted by Crippen LogP contribution is 2.42. The van der Waals surface area contributed by atoms with Gasteiger partial charge in [-0.2, -0.15) is 0 Å². The van der Waals surface area contributed by atoms with Crippen molar-refractivity contribution in [3.8, 4) is 16.9 Å². The molecule has 0 spiro atoms. The average Bonchev–Trinajstić information content (AvgIpc) is 3.33. The Morgan fingerprint density at radius 1 is 1.12 bits per heavy atom. The van der Waals surface area contributed by atoms with E-state index < -0.39 is 0 Å². The van der Waals surface area contributed by atoms with E-state index in [0.717, 1.165) is 25.0 Å². The minimum absolute atomic E-state index is 0.184. The van der Waals surface area contributed by atoms with Gasteiger partial charge in [0.15, 0.2) is 0 Å². The molecule has 0 aromatic heterocycles. The number of ketones is 1. The minimum atomic E-state index is 0.184. The van der Waals surface area contributed by atoms with Crippen LogP contribution in [-0.2, 0) is 11.2 Å². The van der Waals surface area contributed by atoms with Gasteiger partial charge < -0.3 is 4.74 Å². The fourth-order valence-corrected chi connectivity index (χ4v) is 3.30. The molecule has 2 unspecified atom stereocenters. The van der Waals surface area contributed by atoms with Crippen LogP contribution >= 0.6 is 0 Å². The van der Waals surface area contributed by atoms with Crippen molar-refractivity contribution in [2.75, 3.05) is 0 Å². The van der Waals surface area contributed by atoms with E-state index >= 15 is 0 Å². The van der Waals surface area contributed by atoms with E-state index in [1.165, 1.54) is 16.7 Å². The van der Waals surface area contributed by atoms with Crippen molar-refractivity contribution < 1.29 is 9.53 Å². The highest BCUT2D eigenvalue weighted by atomic mass is 16.5. The van der Waals surface area contributed by atoms with Crippen molar-refractivity contribution in [3.05, 3.63) is 54.1 Å². The number of benzene rings is 2. The van der Waals surface area contributed by atoms with Gasteiger partial charge in [0.05, 0.1) is 6.10 Å². The van der Waals surface area contributed by atoms with Gasteiger partial charge in [0.2, 0.25) is 0 Å². The molecule has 0 saturated heterocycles. The molecular weight excluding hydrogens is 296 g/mol. The second kappa shape index (κ2) is 7.21. The normalized spacial score (nSPS) is 19.3. The Morgan fingerprint density at radius 2 is 1.88 bits per heavy atom. The Bertz CT molecular complexity index is 700. The lowest BCUT2D eigenvalue weighted by Gasteiger charge is -2.11. The molecule has 0 radical (unpaired) electrons. The van der Waals surface area contributed by atoms with E-state index in [1.54, 1.807) is 6.92 Å². The zero-order valence-corrected chi connectivity index (χ0v) is 14.8. The highest BCUT2D eigenvalue weighted by molar-refractivity contribution is 5.81. The van der Waals surface area contributed by atoms with E-state index in [1.807, 2.05) is 26.0 Å². The monoisotopic (exact) mass is 322 g/mol. The fraction of sp³-hybridized carbons (Fsp3) is 0.409. The van der Waals surface area contributed by atoms with Crippen LogP contribution in [-0.4, -0.2) is 11.9 Å². The van der Waals surface area contributed by atoms with Gasteiger partial charge in [0, 0.05) is 5.92 Å². The van der Waals surface area contributed by atoms with Crippen LogP contribution in [0.2, 0.25) is 0 Å². The van der Waals surface area contributed by atoms with Gasteiger partial charge in [0.25, 0.3) is 0 Å². The van der Waals surface area contributed by atoms with Gasteiger partial charge in [0.1, 0.15) is 11.5 Å². The predicted molar refractivity (Wildman–Crippen MR) is 98.2 cm³/mol. The third-order valence-corrected chi connectivity index (χ3v) is 4.74. The lowest BCUT2D eigenvalue weighted by molar-refractivity contribution is -0.118. The number of rotatable bonds is 7. The molecule has 1 aliphatic carbocycles. The summed E-state index contributed by atoms with van der Waals surface area (Å²) in [6.07, 6.45) is 3.46. The Balaban J connectivity index is 1.61. The summed E-state index contributed by atoms with van der Waals surface area (Å²) >= 11 is 0. The molecule has 2 aromatic carbocycles. The molecule has 2 atom stereocenters. The number of carbonyl (C=O) groups excluding carboxylic acids is 1. The molecule has 2 heteroatoms. The van der Waals surface area contributed by atoms with Crippen molar-refractivity contribution in [1.82, 2.24) is 0 Å². The maximum atomic E-state index is 11.3. The van der Waals surface area contributed by atoms with E-state index in [2.05, 4.69) is 36.4 Å². The first-order valence-corrected chi connectivity index (χ1v) is 8.89. The van der Waals surface area contributed by atoms with Gasteiger partial charge in [-0.25, -0.2) is 0 Å². The van der Waals surface area contributed by atoms with Crippen LogP contribution in [0, 0.1) is 11.8 Å². The Hall–Kier alpha value is -2.09. The first kappa shape index (κ1) is 16.8. The summed E-state index contributed by atoms with van der Waals surface area (Å²) in [7, 11) is 0. The number of aryl methyl sites for hydroxylation is 1. The average molecular weight is 322 g/mol. The fourth-order valence-electron chi connectivity index (χ4n) is 3.30. The van der Waals surface area contributed by atoms with E-state index in [9.17, 15) is 4.79 Å². The molecule has 2 nitrogen and oxygen atoms in total. The minimum Gasteiger partial charge on any atom is -0.491 e. The second-order valence-corrected chi connectivity index (χ2v) is 7.14. The van der Waals surface area contributed by atoms with Crippen molar-refractivity contribution in [2.45, 2.75) is 46.1 Å². The SMILES string of the molecule is CC(=O)C1CC1CCc1ccc(-c2cccc(OC(C)C)c2)cc1. The van der Waals surface area contributed by atoms with Crippen LogP contribution in [0.15, 0.2) is 48.5 Å². The van der Waals surface area contributed by atoms with E-state index in [-0.39, 0.29) is 6.10 Å². The first-order valence-electron chi connectivity index (χ1n) is 8.89. The Morgan fingerprint density at radius 3 is 2.50 bits per heavy atom. The first-order chi connectivity index (χ1) is 11.5. The van der Waals surface area contributed by atoms with Crippen molar-refractivity contribution in [2.24, 2.45) is 11.8 Å². The molecule has 0 heterocycles. The summed E-state index contributed by atoms with van der Waals surface area (Å²) in [5, 5.41) is 0. The van der Waals surface area contributed by atoms with Crippen LogP contribution in [0.3, 0.4) is 0 Å². The van der Waals surface area contributed by atoms with Gasteiger partial charge in [-0.15, -0.1) is 0 Å². The molecular formula is C22H26O2. The molecule has 0 N–H and O–H groups in total. The Labute approximate surface area is 144 Å². The summed E-state index contributed by atoms with van der Waals surface area (Å²) in [5.74, 6) is 2.23. The summed E-state index contributed by atoms with van der Waals surface area (Å²) in [4.78, 5) is 11.3. The smallest absolute Gasteiger partial charge is 0.133 e. The van der Waals surface area contributed by atoms with E-state index in [4.69, 9.17) is 4.74 Å². The van der Waals surface area contributed by atoms with Crippen LogP contribution in [0.25, 0.3) is 11.1 Å². The molecule has 0 aliphatic heterocycles. The van der Waals surface area contributed by atoms with Crippen molar-refractivity contribution in [1.29, 1.82) is 0 Å². The molecule has 3 rings (SSSR count). The van der Waals surface area contributed by atoms with Crippen molar-refractivity contribution in [3.63, 3.8) is 0 Å². The Kier molecular flexibility index (Phi) is 5.03. The highest BCUT2D eigenvalue weighted by Gasteiger charge is 2.39. The number of carbonyl (C=O) groups is 1. The number of Topliss-reactive ketones (excluding diaryl/α,β-unsaturated/α-hetero) is 1. The molecule has 1 aliphatic rings.